The predicted molar refractivity (Wildman–Crippen MR) is 86.6 cm³/mol. The molecule has 0 N–H and O–H groups in total. The molecule has 23 heavy (non-hydrogen) atoms. The Hall–Kier alpha value is -2.29. The van der Waals surface area contributed by atoms with Gasteiger partial charge in [-0.15, -0.1) is 0 Å². The van der Waals surface area contributed by atoms with Crippen molar-refractivity contribution in [2.75, 3.05) is 13.2 Å². The molecule has 1 saturated heterocycles. The standard InChI is InChI=1S/C17H23N3O3/c1-16(2,3)23-15(21)20-10-6-8-17(20,4)12-22-14-11-19-9-7-13(14)18-5/h7,9,11H,6,8,10,12H2,1-4H3/t17-/m0/s1. The van der Waals surface area contributed by atoms with E-state index in [-0.39, 0.29) is 6.09 Å². The van der Waals surface area contributed by atoms with Crippen molar-refractivity contribution in [1.82, 2.24) is 9.88 Å². The van der Waals surface area contributed by atoms with Crippen molar-refractivity contribution in [2.24, 2.45) is 0 Å². The second-order valence-corrected chi connectivity index (χ2v) is 6.98. The number of nitrogens with zero attached hydrogens (tertiary/aromatic N) is 3. The predicted octanol–water partition coefficient (Wildman–Crippen LogP) is 3.80. The molecule has 1 aliphatic heterocycles. The number of ether oxygens (including phenoxy) is 2. The third-order valence-corrected chi connectivity index (χ3v) is 3.78. The SMILES string of the molecule is [C-]#[N+]c1ccncc1OC[C@]1(C)CCCN1C(=O)OC(C)(C)C. The summed E-state index contributed by atoms with van der Waals surface area (Å²) < 4.78 is 11.3. The minimum atomic E-state index is -0.526. The van der Waals surface area contributed by atoms with E-state index in [0.717, 1.165) is 12.8 Å². The van der Waals surface area contributed by atoms with Gasteiger partial charge in [0.2, 0.25) is 5.69 Å². The highest BCUT2D eigenvalue weighted by Gasteiger charge is 2.42. The van der Waals surface area contributed by atoms with Crippen LogP contribution in [0.2, 0.25) is 0 Å². The first kappa shape index (κ1) is 17.1. The molecule has 0 aromatic carbocycles. The van der Waals surface area contributed by atoms with Crippen molar-refractivity contribution in [2.45, 2.75) is 51.7 Å². The molecule has 1 atom stereocenters. The molecular formula is C17H23N3O3. The van der Waals surface area contributed by atoms with Gasteiger partial charge in [-0.3, -0.25) is 9.88 Å². The van der Waals surface area contributed by atoms with Gasteiger partial charge in [-0.2, -0.15) is 0 Å². The molecule has 124 valence electrons. The largest absolute Gasteiger partial charge is 0.501 e. The number of rotatable bonds is 3. The smallest absolute Gasteiger partial charge is 0.410 e. The normalized spacial score (nSPS) is 20.9. The van der Waals surface area contributed by atoms with Crippen LogP contribution in [0.3, 0.4) is 0 Å². The lowest BCUT2D eigenvalue weighted by Crippen LogP contribution is -2.50. The quantitative estimate of drug-likeness (QED) is 0.796. The third kappa shape index (κ3) is 4.13. The first-order valence-corrected chi connectivity index (χ1v) is 7.70. The van der Waals surface area contributed by atoms with Crippen LogP contribution in [0.25, 0.3) is 4.85 Å². The van der Waals surface area contributed by atoms with E-state index in [1.807, 2.05) is 27.7 Å². The number of hydrogen-bond donors (Lipinski definition) is 0. The Morgan fingerprint density at radius 2 is 2.26 bits per heavy atom. The van der Waals surface area contributed by atoms with Gasteiger partial charge in [0.25, 0.3) is 0 Å². The molecule has 0 saturated carbocycles. The van der Waals surface area contributed by atoms with E-state index in [1.165, 1.54) is 6.20 Å². The van der Waals surface area contributed by atoms with Gasteiger partial charge in [0.15, 0.2) is 0 Å². The summed E-state index contributed by atoms with van der Waals surface area (Å²) in [5.41, 5.74) is -0.551. The zero-order chi connectivity index (χ0) is 17.1. The first-order valence-electron chi connectivity index (χ1n) is 7.70. The van der Waals surface area contributed by atoms with Crippen LogP contribution >= 0.6 is 0 Å². The van der Waals surface area contributed by atoms with E-state index in [0.29, 0.717) is 24.6 Å². The molecule has 2 rings (SSSR count). The lowest BCUT2D eigenvalue weighted by Gasteiger charge is -2.36. The molecule has 0 radical (unpaired) electrons. The number of hydrogen-bond acceptors (Lipinski definition) is 4. The molecule has 1 fully saturated rings. The van der Waals surface area contributed by atoms with Gasteiger partial charge >= 0.3 is 6.09 Å². The van der Waals surface area contributed by atoms with E-state index in [2.05, 4.69) is 9.83 Å². The molecule has 6 heteroatoms. The highest BCUT2D eigenvalue weighted by Crippen LogP contribution is 2.33. The van der Waals surface area contributed by atoms with Gasteiger partial charge < -0.3 is 9.47 Å². The van der Waals surface area contributed by atoms with Crippen LogP contribution in [0.5, 0.6) is 5.75 Å². The van der Waals surface area contributed by atoms with Crippen LogP contribution in [-0.4, -0.2) is 40.3 Å². The van der Waals surface area contributed by atoms with Crippen LogP contribution < -0.4 is 4.74 Å². The summed E-state index contributed by atoms with van der Waals surface area (Å²) in [6.07, 6.45) is 4.51. The molecule has 0 bridgehead atoms. The molecule has 2 heterocycles. The molecule has 6 nitrogen and oxygen atoms in total. The fourth-order valence-electron chi connectivity index (χ4n) is 2.61. The summed E-state index contributed by atoms with van der Waals surface area (Å²) in [5, 5.41) is 0. The average molecular weight is 317 g/mol. The van der Waals surface area contributed by atoms with Gasteiger partial charge in [0.1, 0.15) is 18.0 Å². The number of pyridine rings is 1. The molecule has 0 aliphatic carbocycles. The lowest BCUT2D eigenvalue weighted by atomic mass is 10.0. The maximum atomic E-state index is 12.4. The number of amides is 1. The highest BCUT2D eigenvalue weighted by atomic mass is 16.6. The molecular weight excluding hydrogens is 294 g/mol. The molecule has 1 aromatic rings. The number of carbonyl (C=O) groups is 1. The van der Waals surface area contributed by atoms with Crippen molar-refractivity contribution in [3.63, 3.8) is 0 Å². The zero-order valence-electron chi connectivity index (χ0n) is 14.1. The fourth-order valence-corrected chi connectivity index (χ4v) is 2.61. The summed E-state index contributed by atoms with van der Waals surface area (Å²) >= 11 is 0. The summed E-state index contributed by atoms with van der Waals surface area (Å²) in [6, 6.07) is 1.62. The van der Waals surface area contributed by atoms with E-state index in [9.17, 15) is 4.79 Å². The minimum Gasteiger partial charge on any atom is -0.501 e. The van der Waals surface area contributed by atoms with E-state index < -0.39 is 11.1 Å². The molecule has 0 spiro atoms. The van der Waals surface area contributed by atoms with Gasteiger partial charge in [0.05, 0.1) is 18.3 Å². The Bertz CT molecular complexity index is 618. The Labute approximate surface area is 137 Å². The summed E-state index contributed by atoms with van der Waals surface area (Å²) in [7, 11) is 0. The van der Waals surface area contributed by atoms with Gasteiger partial charge in [-0.25, -0.2) is 9.64 Å². The first-order chi connectivity index (χ1) is 10.7. The maximum absolute atomic E-state index is 12.4. The van der Waals surface area contributed by atoms with Crippen LogP contribution in [-0.2, 0) is 4.74 Å². The fraction of sp³-hybridized carbons (Fsp3) is 0.588. The minimum absolute atomic E-state index is 0.306. The van der Waals surface area contributed by atoms with Gasteiger partial charge in [0, 0.05) is 12.7 Å². The number of likely N-dealkylation sites (tertiary alicyclic amines) is 1. The number of aromatic nitrogens is 1. The van der Waals surface area contributed by atoms with Crippen molar-refractivity contribution < 1.29 is 14.3 Å². The molecule has 1 aromatic heterocycles. The molecule has 1 amide bonds. The van der Waals surface area contributed by atoms with Crippen LogP contribution in [0.1, 0.15) is 40.5 Å². The van der Waals surface area contributed by atoms with Gasteiger partial charge in [-0.05, 0) is 46.6 Å². The Balaban J connectivity index is 2.08. The highest BCUT2D eigenvalue weighted by molar-refractivity contribution is 5.69. The third-order valence-electron chi connectivity index (χ3n) is 3.78. The van der Waals surface area contributed by atoms with Crippen LogP contribution in [0.15, 0.2) is 18.5 Å². The second-order valence-electron chi connectivity index (χ2n) is 6.98. The molecule has 0 unspecified atom stereocenters. The lowest BCUT2D eigenvalue weighted by molar-refractivity contribution is 0.00245. The Morgan fingerprint density at radius 3 is 2.91 bits per heavy atom. The van der Waals surface area contributed by atoms with E-state index >= 15 is 0 Å². The average Bonchev–Trinajstić information content (AvgIpc) is 2.86. The monoisotopic (exact) mass is 317 g/mol. The second kappa shape index (κ2) is 6.45. The summed E-state index contributed by atoms with van der Waals surface area (Å²) in [5.74, 6) is 0.444. The summed E-state index contributed by atoms with van der Waals surface area (Å²) in [6.45, 7) is 15.7. The molecule has 1 aliphatic rings. The number of carbonyl (C=O) groups excluding carboxylic acids is 1. The van der Waals surface area contributed by atoms with Crippen molar-refractivity contribution in [1.29, 1.82) is 0 Å². The van der Waals surface area contributed by atoms with Crippen molar-refractivity contribution in [3.8, 4) is 5.75 Å². The van der Waals surface area contributed by atoms with Crippen molar-refractivity contribution >= 4 is 11.8 Å². The summed E-state index contributed by atoms with van der Waals surface area (Å²) in [4.78, 5) is 21.5. The zero-order valence-corrected chi connectivity index (χ0v) is 14.1. The van der Waals surface area contributed by atoms with E-state index in [4.69, 9.17) is 16.0 Å². The van der Waals surface area contributed by atoms with Crippen LogP contribution in [0, 0.1) is 6.57 Å². The Morgan fingerprint density at radius 1 is 1.52 bits per heavy atom. The van der Waals surface area contributed by atoms with Crippen LogP contribution in [0.4, 0.5) is 10.5 Å². The topological polar surface area (TPSA) is 56.0 Å². The Kier molecular flexibility index (Phi) is 4.79. The van der Waals surface area contributed by atoms with E-state index in [1.54, 1.807) is 17.2 Å². The maximum Gasteiger partial charge on any atom is 0.410 e. The van der Waals surface area contributed by atoms with Gasteiger partial charge in [-0.1, -0.05) is 0 Å². The van der Waals surface area contributed by atoms with Crippen molar-refractivity contribution in [3.05, 3.63) is 29.9 Å².